The Morgan fingerprint density at radius 1 is 0.967 bits per heavy atom. The lowest BCUT2D eigenvalue weighted by molar-refractivity contribution is -0.141. The van der Waals surface area contributed by atoms with Gasteiger partial charge in [-0.3, -0.25) is 0 Å². The molecule has 0 atom stereocenters. The lowest BCUT2D eigenvalue weighted by Gasteiger charge is -2.11. The summed E-state index contributed by atoms with van der Waals surface area (Å²) < 4.78 is 40.9. The Kier molecular flexibility index (Phi) is 5.67. The van der Waals surface area contributed by atoms with Gasteiger partial charge in [-0.05, 0) is 41.8 Å². The molecule has 0 unspecified atom stereocenters. The number of rotatable bonds is 5. The molecule has 9 heteroatoms. The van der Waals surface area contributed by atoms with Gasteiger partial charge in [-0.15, -0.1) is 23.5 Å². The molecule has 0 saturated carbocycles. The predicted molar refractivity (Wildman–Crippen MR) is 117 cm³/mol. The minimum atomic E-state index is -4.51. The summed E-state index contributed by atoms with van der Waals surface area (Å²) in [5.41, 5.74) is 1.32. The van der Waals surface area contributed by atoms with Crippen molar-refractivity contribution in [3.63, 3.8) is 0 Å². The molecule has 0 N–H and O–H groups in total. The minimum Gasteiger partial charge on any atom is -0.325 e. The summed E-state index contributed by atoms with van der Waals surface area (Å²) in [5.74, 6) is 2.35. The van der Waals surface area contributed by atoms with Crippen LogP contribution in [0.25, 0.3) is 33.5 Å². The fraction of sp³-hybridized carbons (Fsp3) is 0.286. The molecular weight excluding hydrogens is 429 g/mol. The highest BCUT2D eigenvalue weighted by Crippen LogP contribution is 2.36. The summed E-state index contributed by atoms with van der Waals surface area (Å²) in [6, 6.07) is 9.21. The second-order valence-electron chi connectivity index (χ2n) is 6.61. The number of hydrogen-bond donors (Lipinski definition) is 0. The predicted octanol–water partition coefficient (Wildman–Crippen LogP) is 6.43. The Balaban J connectivity index is 1.90. The maximum atomic E-state index is 13.1. The third kappa shape index (κ3) is 3.88. The van der Waals surface area contributed by atoms with Gasteiger partial charge >= 0.3 is 6.18 Å². The topological polar surface area (TPSA) is 43.6 Å². The van der Waals surface area contributed by atoms with E-state index in [1.807, 2.05) is 12.1 Å². The van der Waals surface area contributed by atoms with E-state index in [1.165, 1.54) is 11.1 Å². The monoisotopic (exact) mass is 448 g/mol. The molecule has 0 aliphatic rings. The fourth-order valence-corrected chi connectivity index (χ4v) is 4.78. The highest BCUT2D eigenvalue weighted by molar-refractivity contribution is 7.99. The molecule has 0 radical (unpaired) electrons. The van der Waals surface area contributed by atoms with E-state index in [9.17, 15) is 13.2 Å². The summed E-state index contributed by atoms with van der Waals surface area (Å²) in [4.78, 5) is 15.0. The van der Waals surface area contributed by atoms with Gasteiger partial charge in [-0.1, -0.05) is 13.8 Å². The van der Waals surface area contributed by atoms with Crippen LogP contribution < -0.4 is 0 Å². The van der Waals surface area contributed by atoms with Gasteiger partial charge in [0, 0.05) is 22.2 Å². The molecule has 30 heavy (non-hydrogen) atoms. The molecule has 3 aromatic heterocycles. The molecule has 1 aromatic carbocycles. The lowest BCUT2D eigenvalue weighted by atomic mass is 10.2. The molecule has 0 aliphatic carbocycles. The molecule has 4 aromatic rings. The molecular formula is C21H19F3N4S2. The number of fused-ring (bicyclic) bond motifs is 2. The van der Waals surface area contributed by atoms with E-state index in [2.05, 4.69) is 35.9 Å². The molecule has 0 spiro atoms. The van der Waals surface area contributed by atoms with Crippen LogP contribution in [0.1, 0.15) is 19.5 Å². The third-order valence-corrected chi connectivity index (χ3v) is 6.42. The number of alkyl halides is 3. The van der Waals surface area contributed by atoms with Gasteiger partial charge in [0.1, 0.15) is 11.4 Å². The van der Waals surface area contributed by atoms with Gasteiger partial charge in [-0.25, -0.2) is 15.0 Å². The summed E-state index contributed by atoms with van der Waals surface area (Å²) in [7, 11) is 1.77. The van der Waals surface area contributed by atoms with Crippen molar-refractivity contribution >= 4 is 45.5 Å². The van der Waals surface area contributed by atoms with Gasteiger partial charge < -0.3 is 4.57 Å². The molecule has 156 valence electrons. The van der Waals surface area contributed by atoms with E-state index >= 15 is 0 Å². The second-order valence-corrected chi connectivity index (χ2v) is 9.25. The molecule has 0 amide bonds. The fourth-order valence-electron chi connectivity index (χ4n) is 3.27. The van der Waals surface area contributed by atoms with Crippen LogP contribution in [0.5, 0.6) is 0 Å². The Labute approximate surface area is 180 Å². The molecule has 0 fully saturated rings. The van der Waals surface area contributed by atoms with Crippen LogP contribution in [0.15, 0.2) is 46.3 Å². The first-order valence-corrected chi connectivity index (χ1v) is 11.4. The van der Waals surface area contributed by atoms with Crippen molar-refractivity contribution in [3.8, 4) is 11.5 Å². The standard InChI is InChI=1S/C21H19F3N4S2/c1-4-29-13-6-7-14-12(8-13)9-17(30-5-2)19(26-14)20-27-15-10-18(21(22,23)24)25-11-16(15)28(20)3/h6-11H,4-5H2,1-3H3. The zero-order valence-electron chi connectivity index (χ0n) is 16.6. The van der Waals surface area contributed by atoms with Crippen molar-refractivity contribution in [3.05, 3.63) is 42.2 Å². The number of imidazole rings is 1. The molecule has 0 aliphatic heterocycles. The van der Waals surface area contributed by atoms with Crippen LogP contribution in [-0.4, -0.2) is 31.0 Å². The van der Waals surface area contributed by atoms with Gasteiger partial charge in [0.25, 0.3) is 0 Å². The van der Waals surface area contributed by atoms with Crippen molar-refractivity contribution in [2.45, 2.75) is 29.8 Å². The van der Waals surface area contributed by atoms with Gasteiger partial charge in [-0.2, -0.15) is 13.2 Å². The smallest absolute Gasteiger partial charge is 0.325 e. The average Bonchev–Trinajstić information content (AvgIpc) is 3.03. The Bertz CT molecular complexity index is 1230. The highest BCUT2D eigenvalue weighted by atomic mass is 32.2. The van der Waals surface area contributed by atoms with E-state index in [-0.39, 0.29) is 5.52 Å². The maximum Gasteiger partial charge on any atom is 0.433 e. The summed E-state index contributed by atoms with van der Waals surface area (Å²) in [6.07, 6.45) is -3.29. The van der Waals surface area contributed by atoms with Crippen LogP contribution >= 0.6 is 23.5 Å². The first kappa shape index (κ1) is 21.0. The van der Waals surface area contributed by atoms with Crippen LogP contribution in [0.2, 0.25) is 0 Å². The molecule has 4 rings (SSSR count). The number of pyridine rings is 2. The quantitative estimate of drug-likeness (QED) is 0.329. The molecule has 0 bridgehead atoms. The summed E-state index contributed by atoms with van der Waals surface area (Å²) in [6.45, 7) is 4.16. The number of aryl methyl sites for hydroxylation is 1. The van der Waals surface area contributed by atoms with Crippen molar-refractivity contribution in [2.24, 2.45) is 7.05 Å². The van der Waals surface area contributed by atoms with Crippen LogP contribution in [0.3, 0.4) is 0 Å². The Hall–Kier alpha value is -2.26. The van der Waals surface area contributed by atoms with E-state index < -0.39 is 11.9 Å². The molecule has 3 heterocycles. The first-order valence-electron chi connectivity index (χ1n) is 9.42. The van der Waals surface area contributed by atoms with E-state index in [1.54, 1.807) is 35.1 Å². The zero-order valence-corrected chi connectivity index (χ0v) is 18.3. The third-order valence-electron chi connectivity index (χ3n) is 4.63. The summed E-state index contributed by atoms with van der Waals surface area (Å²) >= 11 is 3.41. The first-order chi connectivity index (χ1) is 14.3. The highest BCUT2D eigenvalue weighted by Gasteiger charge is 2.33. The van der Waals surface area contributed by atoms with Gasteiger partial charge in [0.2, 0.25) is 0 Å². The number of benzene rings is 1. The van der Waals surface area contributed by atoms with E-state index in [0.29, 0.717) is 17.0 Å². The molecule has 4 nitrogen and oxygen atoms in total. The van der Waals surface area contributed by atoms with E-state index in [0.717, 1.165) is 33.4 Å². The van der Waals surface area contributed by atoms with Crippen LogP contribution in [0.4, 0.5) is 13.2 Å². The van der Waals surface area contributed by atoms with Crippen LogP contribution in [0, 0.1) is 0 Å². The number of halogens is 3. The Morgan fingerprint density at radius 2 is 1.73 bits per heavy atom. The second kappa shape index (κ2) is 8.11. The van der Waals surface area contributed by atoms with Crippen LogP contribution in [-0.2, 0) is 13.2 Å². The normalized spacial score (nSPS) is 12.2. The number of nitrogens with zero attached hydrogens (tertiary/aromatic N) is 4. The largest absolute Gasteiger partial charge is 0.433 e. The van der Waals surface area contributed by atoms with E-state index in [4.69, 9.17) is 4.98 Å². The lowest BCUT2D eigenvalue weighted by Crippen LogP contribution is -2.07. The van der Waals surface area contributed by atoms with Crippen molar-refractivity contribution in [2.75, 3.05) is 11.5 Å². The zero-order chi connectivity index (χ0) is 21.5. The Morgan fingerprint density at radius 3 is 2.43 bits per heavy atom. The number of thioether (sulfide) groups is 2. The van der Waals surface area contributed by atoms with Gasteiger partial charge in [0.05, 0.1) is 22.7 Å². The summed E-state index contributed by atoms with van der Waals surface area (Å²) in [5, 5.41) is 1.04. The SMILES string of the molecule is CCSc1ccc2nc(-c3nc4cc(C(F)(F)F)ncc4n3C)c(SCC)cc2c1. The van der Waals surface area contributed by atoms with Crippen molar-refractivity contribution in [1.82, 2.24) is 19.5 Å². The average molecular weight is 449 g/mol. The number of aromatic nitrogens is 4. The van der Waals surface area contributed by atoms with Crippen molar-refractivity contribution < 1.29 is 13.2 Å². The van der Waals surface area contributed by atoms with Gasteiger partial charge in [0.15, 0.2) is 5.82 Å². The number of hydrogen-bond acceptors (Lipinski definition) is 5. The minimum absolute atomic E-state index is 0.249. The van der Waals surface area contributed by atoms with Crippen molar-refractivity contribution in [1.29, 1.82) is 0 Å². The molecule has 0 saturated heterocycles. The maximum absolute atomic E-state index is 13.1.